The molecule has 9 heteroatoms. The Balaban J connectivity index is 1.59. The lowest BCUT2D eigenvalue weighted by Crippen LogP contribution is -2.44. The molecule has 2 aliphatic rings. The molecule has 5 rings (SSSR count). The number of rotatable bonds is 5. The Morgan fingerprint density at radius 3 is 2.27 bits per heavy atom. The van der Waals surface area contributed by atoms with Crippen molar-refractivity contribution in [3.63, 3.8) is 0 Å². The van der Waals surface area contributed by atoms with E-state index in [4.69, 9.17) is 16.3 Å². The van der Waals surface area contributed by atoms with Gasteiger partial charge >= 0.3 is 0 Å². The third kappa shape index (κ3) is 4.65. The summed E-state index contributed by atoms with van der Waals surface area (Å²) in [6.45, 7) is 3.79. The average molecular weight is 519 g/mol. The molecular weight excluding hydrogens is 492 g/mol. The summed E-state index contributed by atoms with van der Waals surface area (Å²) in [7, 11) is 3.60. The van der Waals surface area contributed by atoms with Crippen LogP contribution in [0.4, 0.5) is 11.4 Å². The molecule has 1 unspecified atom stereocenters. The van der Waals surface area contributed by atoms with E-state index in [1.165, 1.54) is 12.0 Å². The number of pyridine rings is 1. The van der Waals surface area contributed by atoms with Gasteiger partial charge in [0.2, 0.25) is 0 Å². The van der Waals surface area contributed by atoms with Gasteiger partial charge in [0.15, 0.2) is 0 Å². The second-order valence-corrected chi connectivity index (χ2v) is 9.51. The monoisotopic (exact) mass is 518 g/mol. The number of carbonyl (C=O) groups excluding carboxylic acids is 2. The van der Waals surface area contributed by atoms with Crippen molar-refractivity contribution < 1.29 is 19.4 Å². The number of piperazine rings is 1. The maximum Gasteiger partial charge on any atom is 0.300 e. The highest BCUT2D eigenvalue weighted by molar-refractivity contribution is 6.52. The van der Waals surface area contributed by atoms with Crippen LogP contribution in [0.5, 0.6) is 5.75 Å². The summed E-state index contributed by atoms with van der Waals surface area (Å²) in [5, 5.41) is 11.6. The number of hydrogen-bond donors (Lipinski definition) is 1. The Labute approximate surface area is 220 Å². The molecular formula is C28H27ClN4O4. The van der Waals surface area contributed by atoms with E-state index in [2.05, 4.69) is 21.8 Å². The number of carbonyl (C=O) groups is 2. The van der Waals surface area contributed by atoms with Crippen molar-refractivity contribution in [1.82, 2.24) is 9.88 Å². The van der Waals surface area contributed by atoms with Crippen molar-refractivity contribution in [3.05, 3.63) is 88.7 Å². The molecule has 1 aromatic heterocycles. The van der Waals surface area contributed by atoms with Crippen molar-refractivity contribution >= 4 is 40.4 Å². The zero-order valence-electron chi connectivity index (χ0n) is 20.6. The molecule has 1 atom stereocenters. The summed E-state index contributed by atoms with van der Waals surface area (Å²) in [6, 6.07) is 15.0. The van der Waals surface area contributed by atoms with Gasteiger partial charge in [-0.3, -0.25) is 19.5 Å². The molecule has 3 heterocycles. The topological polar surface area (TPSA) is 86.2 Å². The third-order valence-electron chi connectivity index (χ3n) is 6.89. The van der Waals surface area contributed by atoms with Gasteiger partial charge in [0.1, 0.15) is 11.5 Å². The number of halogens is 1. The van der Waals surface area contributed by atoms with E-state index >= 15 is 0 Å². The van der Waals surface area contributed by atoms with Crippen LogP contribution in [-0.2, 0) is 9.59 Å². The van der Waals surface area contributed by atoms with Crippen LogP contribution in [0.25, 0.3) is 5.76 Å². The summed E-state index contributed by atoms with van der Waals surface area (Å²) in [5.74, 6) is -1.42. The largest absolute Gasteiger partial charge is 0.507 e. The van der Waals surface area contributed by atoms with Crippen LogP contribution in [0.3, 0.4) is 0 Å². The number of aliphatic hydroxyl groups is 1. The molecule has 190 valence electrons. The standard InChI is InChI=1S/C28H27ClN4O4/c1-31-13-15-32(16-14-31)19-3-5-20(6-4-19)33-25(18-9-11-30-12-10-18)24(27(35)28(33)36)26(34)22-17-21(37-2)7-8-23(22)29/h3-12,17,25,34H,13-16H2,1-2H3/b26-24+. The molecule has 8 nitrogen and oxygen atoms in total. The van der Waals surface area contributed by atoms with E-state index < -0.39 is 17.7 Å². The number of ketones is 1. The van der Waals surface area contributed by atoms with Crippen LogP contribution in [0, 0.1) is 0 Å². The predicted molar refractivity (Wildman–Crippen MR) is 143 cm³/mol. The van der Waals surface area contributed by atoms with E-state index in [0.29, 0.717) is 17.0 Å². The second kappa shape index (κ2) is 10.2. The van der Waals surface area contributed by atoms with Crippen molar-refractivity contribution in [2.75, 3.05) is 50.1 Å². The van der Waals surface area contributed by atoms with E-state index in [0.717, 1.165) is 31.9 Å². The molecule has 37 heavy (non-hydrogen) atoms. The fraction of sp³-hybridized carbons (Fsp3) is 0.250. The minimum atomic E-state index is -0.861. The molecule has 2 fully saturated rings. The quantitative estimate of drug-likeness (QED) is 0.309. The lowest BCUT2D eigenvalue weighted by atomic mass is 9.95. The third-order valence-corrected chi connectivity index (χ3v) is 7.22. The average Bonchev–Trinajstić information content (AvgIpc) is 3.19. The smallest absolute Gasteiger partial charge is 0.300 e. The van der Waals surface area contributed by atoms with Crippen molar-refractivity contribution in [3.8, 4) is 5.75 Å². The summed E-state index contributed by atoms with van der Waals surface area (Å²) >= 11 is 6.38. The van der Waals surface area contributed by atoms with Gasteiger partial charge in [0.05, 0.1) is 23.7 Å². The Morgan fingerprint density at radius 2 is 1.62 bits per heavy atom. The highest BCUT2D eigenvalue weighted by Crippen LogP contribution is 2.43. The molecule has 1 N–H and O–H groups in total. The molecule has 0 spiro atoms. The number of aliphatic hydroxyl groups excluding tert-OH is 1. The second-order valence-electron chi connectivity index (χ2n) is 9.10. The minimum Gasteiger partial charge on any atom is -0.507 e. The van der Waals surface area contributed by atoms with Gasteiger partial charge in [0.25, 0.3) is 11.7 Å². The molecule has 0 saturated carbocycles. The summed E-state index contributed by atoms with van der Waals surface area (Å²) in [6.07, 6.45) is 3.18. The normalized spacial score (nSPS) is 19.9. The van der Waals surface area contributed by atoms with Gasteiger partial charge in [-0.25, -0.2) is 0 Å². The number of Topliss-reactive ketones (excluding diaryl/α,β-unsaturated/α-hetero) is 1. The molecule has 0 radical (unpaired) electrons. The Hall–Kier alpha value is -3.88. The predicted octanol–water partition coefficient (Wildman–Crippen LogP) is 4.12. The number of amides is 1. The molecule has 2 aliphatic heterocycles. The fourth-order valence-electron chi connectivity index (χ4n) is 4.81. The number of hydrogen-bond acceptors (Lipinski definition) is 7. The van der Waals surface area contributed by atoms with E-state index in [1.807, 2.05) is 24.3 Å². The first-order valence-corrected chi connectivity index (χ1v) is 12.3. The summed E-state index contributed by atoms with van der Waals surface area (Å²) in [4.78, 5) is 36.9. The van der Waals surface area contributed by atoms with E-state index in [1.54, 1.807) is 42.7 Å². The van der Waals surface area contributed by atoms with Crippen LogP contribution in [0.2, 0.25) is 5.02 Å². The van der Waals surface area contributed by atoms with Crippen molar-refractivity contribution in [2.24, 2.45) is 0 Å². The maximum atomic E-state index is 13.4. The summed E-state index contributed by atoms with van der Waals surface area (Å²) in [5.41, 5.74) is 2.41. The molecule has 2 aromatic carbocycles. The highest BCUT2D eigenvalue weighted by atomic mass is 35.5. The Morgan fingerprint density at radius 1 is 0.973 bits per heavy atom. The van der Waals surface area contributed by atoms with Crippen LogP contribution in [0.15, 0.2) is 72.6 Å². The van der Waals surface area contributed by atoms with E-state index in [9.17, 15) is 14.7 Å². The van der Waals surface area contributed by atoms with Crippen LogP contribution in [0.1, 0.15) is 17.2 Å². The lowest BCUT2D eigenvalue weighted by molar-refractivity contribution is -0.132. The molecule has 0 bridgehead atoms. The van der Waals surface area contributed by atoms with Gasteiger partial charge in [-0.05, 0) is 67.2 Å². The summed E-state index contributed by atoms with van der Waals surface area (Å²) < 4.78 is 5.27. The van der Waals surface area contributed by atoms with Crippen molar-refractivity contribution in [2.45, 2.75) is 6.04 Å². The van der Waals surface area contributed by atoms with Gasteiger partial charge in [0, 0.05) is 55.5 Å². The lowest BCUT2D eigenvalue weighted by Gasteiger charge is -2.34. The van der Waals surface area contributed by atoms with Crippen LogP contribution >= 0.6 is 11.6 Å². The number of aromatic nitrogens is 1. The van der Waals surface area contributed by atoms with Crippen LogP contribution in [-0.4, -0.2) is 67.0 Å². The molecule has 3 aromatic rings. The maximum absolute atomic E-state index is 13.4. The zero-order valence-corrected chi connectivity index (χ0v) is 21.4. The Bertz CT molecular complexity index is 1350. The number of nitrogens with zero attached hydrogens (tertiary/aromatic N) is 4. The number of anilines is 2. The number of benzene rings is 2. The fourth-order valence-corrected chi connectivity index (χ4v) is 5.01. The van der Waals surface area contributed by atoms with Gasteiger partial charge in [-0.1, -0.05) is 11.6 Å². The Kier molecular flexibility index (Phi) is 6.86. The number of ether oxygens (including phenoxy) is 1. The van der Waals surface area contributed by atoms with E-state index in [-0.39, 0.29) is 21.9 Å². The first kappa shape index (κ1) is 24.8. The first-order valence-electron chi connectivity index (χ1n) is 12.0. The number of likely N-dealkylation sites (N-methyl/N-ethyl adjacent to an activating group) is 1. The van der Waals surface area contributed by atoms with Crippen molar-refractivity contribution in [1.29, 1.82) is 0 Å². The molecule has 2 saturated heterocycles. The zero-order chi connectivity index (χ0) is 26.1. The minimum absolute atomic E-state index is 0.0468. The molecule has 0 aliphatic carbocycles. The van der Waals surface area contributed by atoms with Gasteiger partial charge in [-0.2, -0.15) is 0 Å². The first-order chi connectivity index (χ1) is 17.9. The number of methoxy groups -OCH3 is 1. The molecule has 1 amide bonds. The highest BCUT2D eigenvalue weighted by Gasteiger charge is 2.47. The van der Waals surface area contributed by atoms with Gasteiger partial charge < -0.3 is 19.6 Å². The SMILES string of the molecule is COc1ccc(Cl)c(/C(O)=C2\C(=O)C(=O)N(c3ccc(N4CCN(C)CC4)cc3)C2c2ccncc2)c1. The van der Waals surface area contributed by atoms with Gasteiger partial charge in [-0.15, -0.1) is 0 Å². The van der Waals surface area contributed by atoms with Crippen LogP contribution < -0.4 is 14.5 Å².